The molecule has 1 aliphatic rings. The summed E-state index contributed by atoms with van der Waals surface area (Å²) >= 11 is 0. The zero-order valence-electron chi connectivity index (χ0n) is 14.5. The van der Waals surface area contributed by atoms with Gasteiger partial charge in [-0.3, -0.25) is 9.89 Å². The van der Waals surface area contributed by atoms with Crippen LogP contribution in [0.4, 0.5) is 0 Å². The van der Waals surface area contributed by atoms with E-state index < -0.39 is 10.0 Å². The van der Waals surface area contributed by atoms with Crippen molar-refractivity contribution < 1.29 is 13.2 Å². The van der Waals surface area contributed by atoms with Crippen LogP contribution in [0.15, 0.2) is 29.2 Å². The van der Waals surface area contributed by atoms with Crippen LogP contribution in [0, 0.1) is 0 Å². The summed E-state index contributed by atoms with van der Waals surface area (Å²) in [7, 11) is -2.16. The van der Waals surface area contributed by atoms with E-state index in [0.29, 0.717) is 17.8 Å². The van der Waals surface area contributed by atoms with E-state index in [1.807, 2.05) is 0 Å². The largest absolute Gasteiger partial charge is 0.344 e. The molecule has 1 aromatic carbocycles. The number of carbonyl (C=O) groups is 1. The number of hydrogen-bond donors (Lipinski definition) is 4. The zero-order valence-corrected chi connectivity index (χ0v) is 16.1. The molecule has 2 aromatic rings. The standard InChI is InChI=1S/C16H21N5O3S.ClH/c1-10(11-4-3-5-12(8-11)25(23,24)17-2)19-16(22)15-13-9-18-7-6-14(13)20-21-15;/h3-5,8,10,17-18H,6-7,9H2,1-2H3,(H,19,22)(H,20,21);1H. The van der Waals surface area contributed by atoms with Crippen molar-refractivity contribution in [3.05, 3.63) is 46.8 Å². The van der Waals surface area contributed by atoms with Gasteiger partial charge in [0.25, 0.3) is 5.91 Å². The lowest BCUT2D eigenvalue weighted by molar-refractivity contribution is 0.0933. The summed E-state index contributed by atoms with van der Waals surface area (Å²) in [6.07, 6.45) is 0.815. The molecule has 1 atom stereocenters. The van der Waals surface area contributed by atoms with Crippen LogP contribution in [0.3, 0.4) is 0 Å². The molecule has 1 amide bonds. The van der Waals surface area contributed by atoms with E-state index in [4.69, 9.17) is 0 Å². The van der Waals surface area contributed by atoms with Gasteiger partial charge < -0.3 is 10.6 Å². The van der Waals surface area contributed by atoms with E-state index in [0.717, 1.165) is 24.2 Å². The number of amides is 1. The minimum absolute atomic E-state index is 0. The molecule has 3 rings (SSSR count). The first-order valence-electron chi connectivity index (χ1n) is 8.03. The van der Waals surface area contributed by atoms with Gasteiger partial charge in [-0.25, -0.2) is 13.1 Å². The number of H-pyrrole nitrogens is 1. The highest BCUT2D eigenvalue weighted by Crippen LogP contribution is 2.19. The van der Waals surface area contributed by atoms with Crippen LogP contribution in [-0.4, -0.2) is 38.1 Å². The topological polar surface area (TPSA) is 116 Å². The van der Waals surface area contributed by atoms with Crippen LogP contribution in [0.5, 0.6) is 0 Å². The minimum Gasteiger partial charge on any atom is -0.344 e. The average Bonchev–Trinajstić information content (AvgIpc) is 3.06. The first kappa shape index (κ1) is 20.4. The Kier molecular flexibility index (Phi) is 6.40. The van der Waals surface area contributed by atoms with Gasteiger partial charge in [0.2, 0.25) is 10.0 Å². The maximum absolute atomic E-state index is 12.5. The Bertz CT molecular complexity index is 897. The third kappa shape index (κ3) is 4.07. The van der Waals surface area contributed by atoms with Crippen LogP contribution in [-0.2, 0) is 23.0 Å². The molecule has 2 heterocycles. The Labute approximate surface area is 158 Å². The highest BCUT2D eigenvalue weighted by Gasteiger charge is 2.23. The van der Waals surface area contributed by atoms with Crippen LogP contribution in [0.2, 0.25) is 0 Å². The molecular formula is C16H22ClN5O3S. The number of rotatable bonds is 5. The third-order valence-electron chi connectivity index (χ3n) is 4.31. The molecule has 0 spiro atoms. The van der Waals surface area contributed by atoms with Crippen LogP contribution >= 0.6 is 12.4 Å². The Morgan fingerprint density at radius 2 is 2.12 bits per heavy atom. The predicted octanol–water partition coefficient (Wildman–Crippen LogP) is 0.876. The van der Waals surface area contributed by atoms with Crippen molar-refractivity contribution >= 4 is 28.3 Å². The fraction of sp³-hybridized carbons (Fsp3) is 0.375. The van der Waals surface area contributed by atoms with Gasteiger partial charge in [0.1, 0.15) is 0 Å². The molecule has 0 saturated carbocycles. The Balaban J connectivity index is 0.00000243. The van der Waals surface area contributed by atoms with Gasteiger partial charge in [-0.1, -0.05) is 12.1 Å². The van der Waals surface area contributed by atoms with Crippen molar-refractivity contribution in [1.82, 2.24) is 25.6 Å². The van der Waals surface area contributed by atoms with E-state index in [1.54, 1.807) is 25.1 Å². The number of nitrogens with zero attached hydrogens (tertiary/aromatic N) is 1. The van der Waals surface area contributed by atoms with Crippen molar-refractivity contribution in [2.75, 3.05) is 13.6 Å². The molecule has 0 radical (unpaired) electrons. The maximum Gasteiger partial charge on any atom is 0.272 e. The summed E-state index contributed by atoms with van der Waals surface area (Å²) in [5, 5.41) is 13.2. The van der Waals surface area contributed by atoms with E-state index >= 15 is 0 Å². The van der Waals surface area contributed by atoms with Crippen molar-refractivity contribution in [1.29, 1.82) is 0 Å². The van der Waals surface area contributed by atoms with Crippen LogP contribution < -0.4 is 15.4 Å². The Morgan fingerprint density at radius 1 is 1.35 bits per heavy atom. The number of fused-ring (bicyclic) bond motifs is 1. The number of sulfonamides is 1. The molecule has 0 bridgehead atoms. The summed E-state index contributed by atoms with van der Waals surface area (Å²) in [4.78, 5) is 12.7. The van der Waals surface area contributed by atoms with Crippen molar-refractivity contribution in [3.8, 4) is 0 Å². The molecule has 1 aromatic heterocycles. The normalized spacial score (nSPS) is 14.8. The highest BCUT2D eigenvalue weighted by molar-refractivity contribution is 7.89. The number of halogens is 1. The van der Waals surface area contributed by atoms with Crippen LogP contribution in [0.1, 0.15) is 40.3 Å². The van der Waals surface area contributed by atoms with Gasteiger partial charge in [0, 0.05) is 30.8 Å². The SMILES string of the molecule is CNS(=O)(=O)c1cccc(C(C)NC(=O)c2n[nH]c3c2CNCC3)c1.Cl. The first-order valence-corrected chi connectivity index (χ1v) is 9.52. The minimum atomic E-state index is -3.53. The second-order valence-electron chi connectivity index (χ2n) is 5.93. The molecule has 142 valence electrons. The molecule has 4 N–H and O–H groups in total. The molecule has 0 fully saturated rings. The molecule has 8 nitrogen and oxygen atoms in total. The number of hydrogen-bond acceptors (Lipinski definition) is 5. The number of carbonyl (C=O) groups excluding carboxylic acids is 1. The summed E-state index contributed by atoms with van der Waals surface area (Å²) in [6.45, 7) is 3.28. The second kappa shape index (κ2) is 8.17. The quantitative estimate of drug-likeness (QED) is 0.595. The number of aromatic amines is 1. The van der Waals surface area contributed by atoms with Crippen molar-refractivity contribution in [3.63, 3.8) is 0 Å². The lowest BCUT2D eigenvalue weighted by atomic mass is 10.1. The summed E-state index contributed by atoms with van der Waals surface area (Å²) < 4.78 is 26.1. The maximum atomic E-state index is 12.5. The predicted molar refractivity (Wildman–Crippen MR) is 99.8 cm³/mol. The van der Waals surface area contributed by atoms with Gasteiger partial charge in [0.15, 0.2) is 5.69 Å². The number of nitrogens with one attached hydrogen (secondary N) is 4. The Morgan fingerprint density at radius 3 is 2.85 bits per heavy atom. The number of aromatic nitrogens is 2. The molecule has 1 unspecified atom stereocenters. The van der Waals surface area contributed by atoms with E-state index in [1.165, 1.54) is 13.1 Å². The highest BCUT2D eigenvalue weighted by atomic mass is 35.5. The smallest absolute Gasteiger partial charge is 0.272 e. The van der Waals surface area contributed by atoms with Crippen molar-refractivity contribution in [2.24, 2.45) is 0 Å². The monoisotopic (exact) mass is 399 g/mol. The first-order chi connectivity index (χ1) is 11.9. The van der Waals surface area contributed by atoms with Crippen molar-refractivity contribution in [2.45, 2.75) is 30.8 Å². The van der Waals surface area contributed by atoms with Gasteiger partial charge >= 0.3 is 0 Å². The van der Waals surface area contributed by atoms with E-state index in [9.17, 15) is 13.2 Å². The molecular weight excluding hydrogens is 378 g/mol. The van der Waals surface area contributed by atoms with Gasteiger partial charge in [0.05, 0.1) is 10.9 Å². The molecule has 26 heavy (non-hydrogen) atoms. The molecule has 10 heteroatoms. The van der Waals surface area contributed by atoms with E-state index in [-0.39, 0.29) is 29.3 Å². The third-order valence-corrected chi connectivity index (χ3v) is 5.72. The van der Waals surface area contributed by atoms with Gasteiger partial charge in [-0.2, -0.15) is 5.10 Å². The molecule has 0 saturated heterocycles. The van der Waals surface area contributed by atoms with Crippen LogP contribution in [0.25, 0.3) is 0 Å². The average molecular weight is 400 g/mol. The fourth-order valence-corrected chi connectivity index (χ4v) is 3.61. The number of benzene rings is 1. The van der Waals surface area contributed by atoms with E-state index in [2.05, 4.69) is 25.6 Å². The summed E-state index contributed by atoms with van der Waals surface area (Å²) in [5.74, 6) is -0.282. The molecule has 0 aliphatic carbocycles. The summed E-state index contributed by atoms with van der Waals surface area (Å²) in [5.41, 5.74) is 2.96. The molecule has 1 aliphatic heterocycles. The van der Waals surface area contributed by atoms with Gasteiger partial charge in [-0.15, -0.1) is 12.4 Å². The Hall–Kier alpha value is -1.94. The lowest BCUT2D eigenvalue weighted by Gasteiger charge is -2.16. The zero-order chi connectivity index (χ0) is 18.0. The summed E-state index contributed by atoms with van der Waals surface area (Å²) in [6, 6.07) is 6.14. The second-order valence-corrected chi connectivity index (χ2v) is 7.82. The lowest BCUT2D eigenvalue weighted by Crippen LogP contribution is -2.30. The van der Waals surface area contributed by atoms with Gasteiger partial charge in [-0.05, 0) is 31.7 Å². The fourth-order valence-electron chi connectivity index (χ4n) is 2.83.